The molecule has 1 aliphatic rings. The fraction of sp³-hybridized carbons (Fsp3) is 1.00. The number of unbranched alkanes of at least 4 members (excludes halogenated alkanes) is 1. The monoisotopic (exact) mass is 173 g/mol. The topological polar surface area (TPSA) is 12.0 Å². The quantitative estimate of drug-likeness (QED) is 0.640. The first-order valence-electron chi connectivity index (χ1n) is 4.74. The molecular formula is C9H19NS. The molecule has 11 heavy (non-hydrogen) atoms. The fourth-order valence-corrected chi connectivity index (χ4v) is 2.60. The number of hydrogen-bond donors (Lipinski definition) is 1. The lowest BCUT2D eigenvalue weighted by molar-refractivity contribution is 0.673. The maximum Gasteiger partial charge on any atom is 0.0158 e. The van der Waals surface area contributed by atoms with Gasteiger partial charge in [-0.25, -0.2) is 0 Å². The van der Waals surface area contributed by atoms with E-state index >= 15 is 0 Å². The first-order valence-corrected chi connectivity index (χ1v) is 5.90. The molecule has 1 nitrogen and oxygen atoms in total. The molecule has 1 heterocycles. The lowest BCUT2D eigenvalue weighted by Gasteiger charge is -2.08. The van der Waals surface area contributed by atoms with Crippen LogP contribution in [0.3, 0.4) is 0 Å². The van der Waals surface area contributed by atoms with Gasteiger partial charge in [-0.2, -0.15) is 11.8 Å². The van der Waals surface area contributed by atoms with E-state index in [9.17, 15) is 0 Å². The summed E-state index contributed by atoms with van der Waals surface area (Å²) in [4.78, 5) is 0. The third-order valence-electron chi connectivity index (χ3n) is 2.12. The van der Waals surface area contributed by atoms with Gasteiger partial charge in [0, 0.05) is 11.8 Å². The first-order chi connectivity index (χ1) is 5.43. The highest BCUT2D eigenvalue weighted by Gasteiger charge is 2.12. The summed E-state index contributed by atoms with van der Waals surface area (Å²) >= 11 is 2.11. The maximum absolute atomic E-state index is 3.51. The lowest BCUT2D eigenvalue weighted by Crippen LogP contribution is -2.23. The largest absolute Gasteiger partial charge is 0.313 e. The Kier molecular flexibility index (Phi) is 5.04. The summed E-state index contributed by atoms with van der Waals surface area (Å²) in [6.45, 7) is 3.51. The summed E-state index contributed by atoms with van der Waals surface area (Å²) in [5, 5.41) is 3.51. The van der Waals surface area contributed by atoms with Crippen LogP contribution in [0.25, 0.3) is 0 Å². The predicted molar refractivity (Wildman–Crippen MR) is 53.3 cm³/mol. The van der Waals surface area contributed by atoms with E-state index in [2.05, 4.69) is 24.0 Å². The minimum atomic E-state index is 0.830. The van der Waals surface area contributed by atoms with Gasteiger partial charge in [0.05, 0.1) is 0 Å². The van der Waals surface area contributed by atoms with Crippen LogP contribution in [0.2, 0.25) is 0 Å². The molecule has 0 amide bonds. The first kappa shape index (κ1) is 9.40. The zero-order valence-corrected chi connectivity index (χ0v) is 8.25. The zero-order chi connectivity index (χ0) is 7.94. The minimum absolute atomic E-state index is 0.830. The Balaban J connectivity index is 1.86. The predicted octanol–water partition coefficient (Wildman–Crippen LogP) is 2.27. The molecule has 0 aromatic rings. The van der Waals surface area contributed by atoms with Crippen LogP contribution >= 0.6 is 11.8 Å². The molecule has 0 aromatic carbocycles. The van der Waals surface area contributed by atoms with Gasteiger partial charge >= 0.3 is 0 Å². The molecule has 1 saturated heterocycles. The van der Waals surface area contributed by atoms with Crippen LogP contribution in [0.15, 0.2) is 0 Å². The van der Waals surface area contributed by atoms with Gasteiger partial charge in [-0.05, 0) is 31.6 Å². The Hall–Kier alpha value is 0.310. The smallest absolute Gasteiger partial charge is 0.0158 e. The SMILES string of the molecule is CCCCSC[C@H]1CCCN1. The van der Waals surface area contributed by atoms with Crippen molar-refractivity contribution in [3.05, 3.63) is 0 Å². The average Bonchev–Trinajstić information content (AvgIpc) is 2.50. The van der Waals surface area contributed by atoms with Crippen LogP contribution in [0.1, 0.15) is 32.6 Å². The molecule has 0 radical (unpaired) electrons. The van der Waals surface area contributed by atoms with Gasteiger partial charge in [-0.3, -0.25) is 0 Å². The highest BCUT2D eigenvalue weighted by molar-refractivity contribution is 7.99. The van der Waals surface area contributed by atoms with Crippen molar-refractivity contribution < 1.29 is 0 Å². The zero-order valence-electron chi connectivity index (χ0n) is 7.44. The van der Waals surface area contributed by atoms with Gasteiger partial charge in [0.1, 0.15) is 0 Å². The lowest BCUT2D eigenvalue weighted by atomic mass is 10.3. The van der Waals surface area contributed by atoms with Crippen LogP contribution in [-0.4, -0.2) is 24.1 Å². The Morgan fingerprint density at radius 2 is 2.45 bits per heavy atom. The minimum Gasteiger partial charge on any atom is -0.313 e. The van der Waals surface area contributed by atoms with Crippen LogP contribution in [0.5, 0.6) is 0 Å². The number of rotatable bonds is 5. The summed E-state index contributed by atoms with van der Waals surface area (Å²) in [5.74, 6) is 2.69. The van der Waals surface area contributed by atoms with E-state index in [4.69, 9.17) is 0 Å². The standard InChI is InChI=1S/C9H19NS/c1-2-3-7-11-8-9-5-4-6-10-9/h9-10H,2-8H2,1H3/t9-/m1/s1. The van der Waals surface area contributed by atoms with E-state index in [-0.39, 0.29) is 0 Å². The van der Waals surface area contributed by atoms with Crippen LogP contribution in [0, 0.1) is 0 Å². The van der Waals surface area contributed by atoms with Crippen molar-refractivity contribution in [2.75, 3.05) is 18.1 Å². The van der Waals surface area contributed by atoms with Gasteiger partial charge in [0.25, 0.3) is 0 Å². The molecule has 1 fully saturated rings. The Labute approximate surface area is 74.3 Å². The third-order valence-corrected chi connectivity index (χ3v) is 3.34. The number of nitrogens with one attached hydrogen (secondary N) is 1. The van der Waals surface area contributed by atoms with E-state index in [1.807, 2.05) is 0 Å². The summed E-state index contributed by atoms with van der Waals surface area (Å²) in [7, 11) is 0. The molecule has 0 saturated carbocycles. The van der Waals surface area contributed by atoms with Crippen molar-refractivity contribution in [3.63, 3.8) is 0 Å². The Morgan fingerprint density at radius 1 is 1.55 bits per heavy atom. The summed E-state index contributed by atoms with van der Waals surface area (Å²) < 4.78 is 0. The number of thioether (sulfide) groups is 1. The number of hydrogen-bond acceptors (Lipinski definition) is 2. The van der Waals surface area contributed by atoms with Crippen molar-refractivity contribution in [1.29, 1.82) is 0 Å². The molecule has 0 spiro atoms. The molecule has 66 valence electrons. The Bertz CT molecular complexity index is 89.6. The van der Waals surface area contributed by atoms with Crippen LogP contribution in [0.4, 0.5) is 0 Å². The van der Waals surface area contributed by atoms with Crippen molar-refractivity contribution in [2.24, 2.45) is 0 Å². The molecule has 0 unspecified atom stereocenters. The summed E-state index contributed by atoms with van der Waals surface area (Å²) in [6.07, 6.45) is 5.51. The highest BCUT2D eigenvalue weighted by Crippen LogP contribution is 2.12. The van der Waals surface area contributed by atoms with E-state index in [1.165, 1.54) is 43.7 Å². The van der Waals surface area contributed by atoms with Crippen molar-refractivity contribution in [3.8, 4) is 0 Å². The molecule has 1 N–H and O–H groups in total. The molecule has 0 bridgehead atoms. The van der Waals surface area contributed by atoms with Gasteiger partial charge in [0.15, 0.2) is 0 Å². The molecule has 1 atom stereocenters. The second-order valence-electron chi connectivity index (χ2n) is 3.22. The van der Waals surface area contributed by atoms with E-state index in [0.29, 0.717) is 0 Å². The molecule has 1 aliphatic heterocycles. The summed E-state index contributed by atoms with van der Waals surface area (Å²) in [5.41, 5.74) is 0. The molecule has 0 aromatic heterocycles. The molecule has 0 aliphatic carbocycles. The normalized spacial score (nSPS) is 24.3. The van der Waals surface area contributed by atoms with Gasteiger partial charge in [0.2, 0.25) is 0 Å². The van der Waals surface area contributed by atoms with Crippen molar-refractivity contribution in [1.82, 2.24) is 5.32 Å². The molecular weight excluding hydrogens is 154 g/mol. The van der Waals surface area contributed by atoms with E-state index in [1.54, 1.807) is 0 Å². The van der Waals surface area contributed by atoms with Gasteiger partial charge in [-0.15, -0.1) is 0 Å². The van der Waals surface area contributed by atoms with Gasteiger partial charge < -0.3 is 5.32 Å². The molecule has 2 heteroatoms. The third kappa shape index (κ3) is 4.02. The fourth-order valence-electron chi connectivity index (χ4n) is 1.37. The molecule has 1 rings (SSSR count). The van der Waals surface area contributed by atoms with Crippen LogP contribution in [-0.2, 0) is 0 Å². The van der Waals surface area contributed by atoms with Gasteiger partial charge in [-0.1, -0.05) is 13.3 Å². The second kappa shape index (κ2) is 5.90. The summed E-state index contributed by atoms with van der Waals surface area (Å²) in [6, 6.07) is 0.830. The van der Waals surface area contributed by atoms with E-state index < -0.39 is 0 Å². The Morgan fingerprint density at radius 3 is 3.09 bits per heavy atom. The second-order valence-corrected chi connectivity index (χ2v) is 4.37. The van der Waals surface area contributed by atoms with E-state index in [0.717, 1.165) is 6.04 Å². The van der Waals surface area contributed by atoms with Crippen molar-refractivity contribution in [2.45, 2.75) is 38.6 Å². The maximum atomic E-state index is 3.51. The van der Waals surface area contributed by atoms with Crippen molar-refractivity contribution >= 4 is 11.8 Å². The highest BCUT2D eigenvalue weighted by atomic mass is 32.2. The van der Waals surface area contributed by atoms with Crippen LogP contribution < -0.4 is 5.32 Å². The average molecular weight is 173 g/mol.